The zero-order valence-electron chi connectivity index (χ0n) is 11.3. The van der Waals surface area contributed by atoms with E-state index in [0.717, 1.165) is 11.1 Å². The molecule has 4 nitrogen and oxygen atoms in total. The summed E-state index contributed by atoms with van der Waals surface area (Å²) < 4.78 is 5.16. The van der Waals surface area contributed by atoms with Gasteiger partial charge in [0.05, 0.1) is 11.6 Å². The van der Waals surface area contributed by atoms with E-state index in [4.69, 9.17) is 21.6 Å². The summed E-state index contributed by atoms with van der Waals surface area (Å²) in [5.41, 5.74) is 2.40. The molecule has 0 unspecified atom stereocenters. The first-order valence-corrected chi connectivity index (χ1v) is 6.80. The van der Waals surface area contributed by atoms with Crippen molar-refractivity contribution in [1.29, 1.82) is 5.26 Å². The lowest BCUT2D eigenvalue weighted by atomic mass is 10.1. The fourth-order valence-corrected chi connectivity index (χ4v) is 1.83. The zero-order valence-corrected chi connectivity index (χ0v) is 12.0. The minimum atomic E-state index is -0.269. The Hall–Kier alpha value is -2.38. The first kappa shape index (κ1) is 15.0. The lowest BCUT2D eigenvalue weighted by Crippen LogP contribution is -2.06. The number of aromatic nitrogens is 1. The van der Waals surface area contributed by atoms with Crippen LogP contribution in [0.1, 0.15) is 23.1 Å². The van der Waals surface area contributed by atoms with Crippen LogP contribution in [-0.4, -0.2) is 11.0 Å². The minimum Gasteiger partial charge on any atom is -0.461 e. The number of ether oxygens (including phenoxy) is 1. The van der Waals surface area contributed by atoms with E-state index in [9.17, 15) is 4.79 Å². The van der Waals surface area contributed by atoms with Crippen molar-refractivity contribution in [3.63, 3.8) is 0 Å². The van der Waals surface area contributed by atoms with E-state index in [1.165, 1.54) is 0 Å². The van der Waals surface area contributed by atoms with Crippen molar-refractivity contribution in [2.24, 2.45) is 0 Å². The number of carbonyl (C=O) groups is 1. The molecule has 0 saturated carbocycles. The Kier molecular flexibility index (Phi) is 5.30. The minimum absolute atomic E-state index is 0.191. The topological polar surface area (TPSA) is 63.0 Å². The van der Waals surface area contributed by atoms with Crippen molar-refractivity contribution >= 4 is 17.6 Å². The standard InChI is InChI=1S/C16H13ClN2O2/c17-15-7-5-14(10-19-15)11-21-16(20)8-6-12-1-3-13(9-18)4-2-12/h1-5,7,10H,6,8,11H2. The van der Waals surface area contributed by atoms with Crippen molar-refractivity contribution in [1.82, 2.24) is 4.98 Å². The van der Waals surface area contributed by atoms with Crippen LogP contribution in [0.4, 0.5) is 0 Å². The molecule has 0 aliphatic heterocycles. The largest absolute Gasteiger partial charge is 0.461 e. The van der Waals surface area contributed by atoms with Gasteiger partial charge in [-0.3, -0.25) is 4.79 Å². The van der Waals surface area contributed by atoms with Gasteiger partial charge < -0.3 is 4.74 Å². The summed E-state index contributed by atoms with van der Waals surface area (Å²) in [4.78, 5) is 15.6. The van der Waals surface area contributed by atoms with Gasteiger partial charge in [-0.05, 0) is 30.2 Å². The smallest absolute Gasteiger partial charge is 0.306 e. The predicted octanol–water partition coefficient (Wildman–Crippen LogP) is 3.28. The highest BCUT2D eigenvalue weighted by molar-refractivity contribution is 6.29. The Morgan fingerprint density at radius 2 is 1.90 bits per heavy atom. The lowest BCUT2D eigenvalue weighted by molar-refractivity contribution is -0.144. The van der Waals surface area contributed by atoms with Gasteiger partial charge in [0.2, 0.25) is 0 Å². The summed E-state index contributed by atoms with van der Waals surface area (Å²) in [6, 6.07) is 12.6. The third-order valence-electron chi connectivity index (χ3n) is 2.89. The number of nitriles is 1. The average molecular weight is 301 g/mol. The van der Waals surface area contributed by atoms with Crippen molar-refractivity contribution in [2.75, 3.05) is 0 Å². The van der Waals surface area contributed by atoms with E-state index in [1.54, 1.807) is 30.5 Å². The molecule has 2 aromatic rings. The molecule has 5 heteroatoms. The number of aryl methyl sites for hydroxylation is 1. The van der Waals surface area contributed by atoms with Crippen molar-refractivity contribution in [3.05, 3.63) is 64.4 Å². The normalized spacial score (nSPS) is 9.90. The molecule has 0 bridgehead atoms. The Balaban J connectivity index is 1.76. The quantitative estimate of drug-likeness (QED) is 0.628. The van der Waals surface area contributed by atoms with Gasteiger partial charge in [0, 0.05) is 18.2 Å². The van der Waals surface area contributed by atoms with Crippen LogP contribution in [0.25, 0.3) is 0 Å². The van der Waals surface area contributed by atoms with E-state index in [1.807, 2.05) is 12.1 Å². The number of rotatable bonds is 5. The van der Waals surface area contributed by atoms with Crippen LogP contribution in [0, 0.1) is 11.3 Å². The summed E-state index contributed by atoms with van der Waals surface area (Å²) in [7, 11) is 0. The average Bonchev–Trinajstić information content (AvgIpc) is 2.53. The zero-order chi connectivity index (χ0) is 15.1. The van der Waals surface area contributed by atoms with Crippen LogP contribution in [0.2, 0.25) is 5.15 Å². The molecule has 0 radical (unpaired) electrons. The van der Waals surface area contributed by atoms with Gasteiger partial charge in [-0.25, -0.2) is 4.98 Å². The van der Waals surface area contributed by atoms with Gasteiger partial charge in [0.1, 0.15) is 11.8 Å². The van der Waals surface area contributed by atoms with Gasteiger partial charge in [0.25, 0.3) is 0 Å². The predicted molar refractivity (Wildman–Crippen MR) is 78.5 cm³/mol. The Morgan fingerprint density at radius 3 is 2.52 bits per heavy atom. The summed E-state index contributed by atoms with van der Waals surface area (Å²) in [6.07, 6.45) is 2.46. The molecule has 0 aliphatic carbocycles. The SMILES string of the molecule is N#Cc1ccc(CCC(=O)OCc2ccc(Cl)nc2)cc1. The molecule has 0 fully saturated rings. The molecule has 1 heterocycles. The first-order valence-electron chi connectivity index (χ1n) is 6.42. The number of benzene rings is 1. The summed E-state index contributed by atoms with van der Waals surface area (Å²) in [5, 5.41) is 9.11. The molecule has 2 rings (SSSR count). The second kappa shape index (κ2) is 7.41. The van der Waals surface area contributed by atoms with Crippen LogP contribution in [0.5, 0.6) is 0 Å². The van der Waals surface area contributed by atoms with Gasteiger partial charge in [0.15, 0.2) is 0 Å². The summed E-state index contributed by atoms with van der Waals surface area (Å²) >= 11 is 5.67. The van der Waals surface area contributed by atoms with E-state index in [0.29, 0.717) is 23.6 Å². The van der Waals surface area contributed by atoms with Crippen molar-refractivity contribution < 1.29 is 9.53 Å². The Bertz CT molecular complexity index is 645. The molecular formula is C16H13ClN2O2. The molecule has 0 amide bonds. The maximum Gasteiger partial charge on any atom is 0.306 e. The highest BCUT2D eigenvalue weighted by Gasteiger charge is 2.05. The highest BCUT2D eigenvalue weighted by Crippen LogP contribution is 2.09. The molecule has 0 atom stereocenters. The van der Waals surface area contributed by atoms with Crippen LogP contribution >= 0.6 is 11.6 Å². The van der Waals surface area contributed by atoms with Gasteiger partial charge >= 0.3 is 5.97 Å². The number of hydrogen-bond acceptors (Lipinski definition) is 4. The molecule has 1 aromatic carbocycles. The van der Waals surface area contributed by atoms with Gasteiger partial charge in [-0.15, -0.1) is 0 Å². The second-order valence-electron chi connectivity index (χ2n) is 4.46. The third-order valence-corrected chi connectivity index (χ3v) is 3.11. The number of pyridine rings is 1. The molecule has 0 N–H and O–H groups in total. The number of esters is 1. The highest BCUT2D eigenvalue weighted by atomic mass is 35.5. The van der Waals surface area contributed by atoms with Gasteiger partial charge in [-0.2, -0.15) is 5.26 Å². The number of halogens is 1. The fraction of sp³-hybridized carbons (Fsp3) is 0.188. The number of hydrogen-bond donors (Lipinski definition) is 0. The molecule has 1 aromatic heterocycles. The summed E-state index contributed by atoms with van der Waals surface area (Å²) in [5.74, 6) is -0.269. The van der Waals surface area contributed by atoms with E-state index < -0.39 is 0 Å². The van der Waals surface area contributed by atoms with Crippen LogP contribution in [-0.2, 0) is 22.6 Å². The Labute approximate surface area is 128 Å². The van der Waals surface area contributed by atoms with E-state index in [-0.39, 0.29) is 12.6 Å². The second-order valence-corrected chi connectivity index (χ2v) is 4.85. The fourth-order valence-electron chi connectivity index (χ4n) is 1.72. The van der Waals surface area contributed by atoms with Crippen LogP contribution in [0.15, 0.2) is 42.6 Å². The first-order chi connectivity index (χ1) is 10.2. The number of nitrogens with zero attached hydrogens (tertiary/aromatic N) is 2. The molecule has 0 spiro atoms. The molecule has 106 valence electrons. The maximum atomic E-state index is 11.7. The van der Waals surface area contributed by atoms with Crippen molar-refractivity contribution in [2.45, 2.75) is 19.4 Å². The molecule has 21 heavy (non-hydrogen) atoms. The van der Waals surface area contributed by atoms with Crippen LogP contribution < -0.4 is 0 Å². The number of carbonyl (C=O) groups excluding carboxylic acids is 1. The Morgan fingerprint density at radius 1 is 1.19 bits per heavy atom. The monoisotopic (exact) mass is 300 g/mol. The maximum absolute atomic E-state index is 11.7. The molecule has 0 saturated heterocycles. The van der Waals surface area contributed by atoms with Crippen LogP contribution in [0.3, 0.4) is 0 Å². The molecular weight excluding hydrogens is 288 g/mol. The van der Waals surface area contributed by atoms with Gasteiger partial charge in [-0.1, -0.05) is 29.8 Å². The van der Waals surface area contributed by atoms with E-state index >= 15 is 0 Å². The summed E-state index contributed by atoms with van der Waals surface area (Å²) in [6.45, 7) is 0.191. The van der Waals surface area contributed by atoms with Crippen molar-refractivity contribution in [3.8, 4) is 6.07 Å². The lowest BCUT2D eigenvalue weighted by Gasteiger charge is -2.05. The molecule has 0 aliphatic rings. The third kappa shape index (κ3) is 4.90. The van der Waals surface area contributed by atoms with E-state index in [2.05, 4.69) is 11.1 Å².